The van der Waals surface area contributed by atoms with Crippen molar-refractivity contribution in [1.82, 2.24) is 0 Å². The minimum Gasteiger partial charge on any atom is -0.393 e. The Morgan fingerprint density at radius 2 is 2.40 bits per heavy atom. The largest absolute Gasteiger partial charge is 0.393 e. The molecule has 1 heterocycles. The van der Waals surface area contributed by atoms with Gasteiger partial charge in [-0.3, -0.25) is 0 Å². The fraction of sp³-hybridized carbons (Fsp3) is 0.167. The van der Waals surface area contributed by atoms with Crippen molar-refractivity contribution in [1.29, 1.82) is 0 Å². The Kier molecular flexibility index (Phi) is 2.82. The summed E-state index contributed by atoms with van der Waals surface area (Å²) < 4.78 is 1.12. The SMILES string of the molecule is NC(=S)Cc1ccc(Br)s1. The molecule has 1 aromatic heterocycles. The first-order valence-corrected chi connectivity index (χ1v) is 4.73. The molecule has 1 rings (SSSR count). The van der Waals surface area contributed by atoms with E-state index in [0.29, 0.717) is 11.4 Å². The van der Waals surface area contributed by atoms with Crippen LogP contribution in [-0.4, -0.2) is 4.99 Å². The Hall–Kier alpha value is 0.0700. The van der Waals surface area contributed by atoms with Crippen LogP contribution in [0.1, 0.15) is 4.88 Å². The topological polar surface area (TPSA) is 26.0 Å². The van der Waals surface area contributed by atoms with Gasteiger partial charge in [0.2, 0.25) is 0 Å². The summed E-state index contributed by atoms with van der Waals surface area (Å²) >= 11 is 9.78. The van der Waals surface area contributed by atoms with Crippen LogP contribution in [-0.2, 0) is 6.42 Å². The number of rotatable bonds is 2. The molecule has 0 atom stereocenters. The fourth-order valence-corrected chi connectivity index (χ4v) is 2.37. The van der Waals surface area contributed by atoms with Crippen LogP contribution >= 0.6 is 39.5 Å². The molecule has 0 saturated carbocycles. The van der Waals surface area contributed by atoms with Crippen LogP contribution in [0.4, 0.5) is 0 Å². The van der Waals surface area contributed by atoms with Crippen molar-refractivity contribution in [2.75, 3.05) is 0 Å². The van der Waals surface area contributed by atoms with E-state index in [0.717, 1.165) is 3.79 Å². The summed E-state index contributed by atoms with van der Waals surface area (Å²) in [6.45, 7) is 0. The van der Waals surface area contributed by atoms with Gasteiger partial charge in [-0.15, -0.1) is 11.3 Å². The van der Waals surface area contributed by atoms with Crippen LogP contribution in [0.2, 0.25) is 0 Å². The average Bonchev–Trinajstić information content (AvgIpc) is 2.13. The number of halogens is 1. The highest BCUT2D eigenvalue weighted by Gasteiger charge is 1.97. The molecule has 1 nitrogen and oxygen atoms in total. The van der Waals surface area contributed by atoms with Crippen LogP contribution in [0.5, 0.6) is 0 Å². The quantitative estimate of drug-likeness (QED) is 0.797. The lowest BCUT2D eigenvalue weighted by molar-refractivity contribution is 1.41. The smallest absolute Gasteiger partial charge is 0.0780 e. The maximum atomic E-state index is 5.36. The molecule has 0 aliphatic carbocycles. The predicted molar refractivity (Wildman–Crippen MR) is 52.5 cm³/mol. The van der Waals surface area contributed by atoms with Crippen molar-refractivity contribution in [2.24, 2.45) is 5.73 Å². The first-order chi connectivity index (χ1) is 4.68. The number of hydrogen-bond donors (Lipinski definition) is 1. The van der Waals surface area contributed by atoms with Crippen molar-refractivity contribution < 1.29 is 0 Å². The first-order valence-electron chi connectivity index (χ1n) is 2.71. The summed E-state index contributed by atoms with van der Waals surface area (Å²) in [5.41, 5.74) is 5.36. The van der Waals surface area contributed by atoms with Gasteiger partial charge in [0.05, 0.1) is 8.77 Å². The molecule has 0 aliphatic rings. The Morgan fingerprint density at radius 3 is 2.80 bits per heavy atom. The van der Waals surface area contributed by atoms with Crippen molar-refractivity contribution in [3.8, 4) is 0 Å². The van der Waals surface area contributed by atoms with Crippen LogP contribution in [0.15, 0.2) is 15.9 Å². The van der Waals surface area contributed by atoms with Crippen LogP contribution in [0, 0.1) is 0 Å². The van der Waals surface area contributed by atoms with E-state index in [-0.39, 0.29) is 0 Å². The Labute approximate surface area is 77.4 Å². The predicted octanol–water partition coefficient (Wildman–Crippen LogP) is 2.34. The second-order valence-electron chi connectivity index (χ2n) is 1.85. The van der Waals surface area contributed by atoms with Gasteiger partial charge in [-0.25, -0.2) is 0 Å². The number of thiocarbonyl (C=S) groups is 1. The molecule has 2 N–H and O–H groups in total. The summed E-state index contributed by atoms with van der Waals surface area (Å²) in [6, 6.07) is 4.02. The van der Waals surface area contributed by atoms with Gasteiger partial charge in [0.25, 0.3) is 0 Å². The van der Waals surface area contributed by atoms with Gasteiger partial charge in [-0.1, -0.05) is 12.2 Å². The van der Waals surface area contributed by atoms with Crippen molar-refractivity contribution in [2.45, 2.75) is 6.42 Å². The van der Waals surface area contributed by atoms with Gasteiger partial charge in [-0.05, 0) is 28.1 Å². The van der Waals surface area contributed by atoms with Gasteiger partial charge >= 0.3 is 0 Å². The monoisotopic (exact) mass is 235 g/mol. The molecule has 10 heavy (non-hydrogen) atoms. The second kappa shape index (κ2) is 3.46. The molecule has 0 amide bonds. The highest BCUT2D eigenvalue weighted by molar-refractivity contribution is 9.11. The molecule has 0 fully saturated rings. The average molecular weight is 236 g/mol. The Bertz CT molecular complexity index is 244. The summed E-state index contributed by atoms with van der Waals surface area (Å²) in [7, 11) is 0. The molecule has 0 bridgehead atoms. The van der Waals surface area contributed by atoms with E-state index in [4.69, 9.17) is 18.0 Å². The molecule has 54 valence electrons. The molecule has 4 heteroatoms. The molecule has 0 saturated heterocycles. The van der Waals surface area contributed by atoms with Gasteiger partial charge < -0.3 is 5.73 Å². The maximum absolute atomic E-state index is 5.36. The van der Waals surface area contributed by atoms with Gasteiger partial charge in [0, 0.05) is 11.3 Å². The summed E-state index contributed by atoms with van der Waals surface area (Å²) in [5.74, 6) is 0. The lowest BCUT2D eigenvalue weighted by atomic mass is 10.3. The van der Waals surface area contributed by atoms with E-state index in [9.17, 15) is 0 Å². The maximum Gasteiger partial charge on any atom is 0.0780 e. The van der Waals surface area contributed by atoms with Crippen LogP contribution in [0.3, 0.4) is 0 Å². The lowest BCUT2D eigenvalue weighted by Crippen LogP contribution is -2.09. The van der Waals surface area contributed by atoms with Crippen molar-refractivity contribution in [3.05, 3.63) is 20.8 Å². The standard InChI is InChI=1S/C6H6BrNS2/c7-5-2-1-4(10-5)3-6(8)9/h1-2H,3H2,(H2,8,9). The van der Waals surface area contributed by atoms with Crippen molar-refractivity contribution >= 4 is 44.5 Å². The normalized spacial score (nSPS) is 9.70. The minimum atomic E-state index is 0.550. The third kappa shape index (κ3) is 2.36. The molecule has 0 aromatic carbocycles. The third-order valence-electron chi connectivity index (χ3n) is 0.977. The summed E-state index contributed by atoms with van der Waals surface area (Å²) in [6.07, 6.45) is 0.714. The van der Waals surface area contributed by atoms with Gasteiger partial charge in [0.1, 0.15) is 0 Å². The molecular formula is C6H6BrNS2. The Balaban J connectivity index is 2.67. The lowest BCUT2D eigenvalue weighted by Gasteiger charge is -1.90. The fourth-order valence-electron chi connectivity index (χ4n) is 0.618. The van der Waals surface area contributed by atoms with Crippen molar-refractivity contribution in [3.63, 3.8) is 0 Å². The molecule has 0 radical (unpaired) electrons. The molecular weight excluding hydrogens is 230 g/mol. The Morgan fingerprint density at radius 1 is 1.70 bits per heavy atom. The van der Waals surface area contributed by atoms with Gasteiger partial charge in [-0.2, -0.15) is 0 Å². The molecule has 1 aromatic rings. The number of hydrogen-bond acceptors (Lipinski definition) is 2. The second-order valence-corrected chi connectivity index (χ2v) is 4.92. The van der Waals surface area contributed by atoms with E-state index >= 15 is 0 Å². The summed E-state index contributed by atoms with van der Waals surface area (Å²) in [5, 5.41) is 0. The van der Waals surface area contributed by atoms with E-state index in [1.54, 1.807) is 11.3 Å². The molecule has 0 aliphatic heterocycles. The van der Waals surface area contributed by atoms with E-state index < -0.39 is 0 Å². The first kappa shape index (κ1) is 8.17. The third-order valence-corrected chi connectivity index (χ3v) is 2.75. The molecule has 0 unspecified atom stereocenters. The van der Waals surface area contributed by atoms with Crippen LogP contribution in [0.25, 0.3) is 0 Å². The zero-order valence-electron chi connectivity index (χ0n) is 5.13. The molecule has 0 spiro atoms. The number of nitrogens with two attached hydrogens (primary N) is 1. The van der Waals surface area contributed by atoms with Gasteiger partial charge in [0.15, 0.2) is 0 Å². The highest BCUT2D eigenvalue weighted by atomic mass is 79.9. The highest BCUT2D eigenvalue weighted by Crippen LogP contribution is 2.22. The zero-order valence-corrected chi connectivity index (χ0v) is 8.35. The van der Waals surface area contributed by atoms with E-state index in [1.165, 1.54) is 4.88 Å². The zero-order chi connectivity index (χ0) is 7.56. The van der Waals surface area contributed by atoms with E-state index in [2.05, 4.69) is 15.9 Å². The minimum absolute atomic E-state index is 0.550. The summed E-state index contributed by atoms with van der Waals surface area (Å²) in [4.78, 5) is 1.76. The number of thiophene rings is 1. The van der Waals surface area contributed by atoms with Crippen LogP contribution < -0.4 is 5.73 Å². The van der Waals surface area contributed by atoms with E-state index in [1.807, 2.05) is 12.1 Å².